The number of para-hydroxylation sites is 1. The van der Waals surface area contributed by atoms with E-state index in [1.54, 1.807) is 18.2 Å². The second-order valence-corrected chi connectivity index (χ2v) is 6.14. The van der Waals surface area contributed by atoms with Gasteiger partial charge in [-0.1, -0.05) is 42.5 Å². The molecule has 1 amide bonds. The van der Waals surface area contributed by atoms with Crippen molar-refractivity contribution in [2.24, 2.45) is 0 Å². The van der Waals surface area contributed by atoms with E-state index in [4.69, 9.17) is 0 Å². The minimum Gasteiger partial charge on any atom is -0.300 e. The highest BCUT2D eigenvalue weighted by atomic mass is 16.2. The van der Waals surface area contributed by atoms with Crippen LogP contribution in [0.15, 0.2) is 54.6 Å². The van der Waals surface area contributed by atoms with Crippen LogP contribution in [-0.2, 0) is 9.59 Å². The number of carbonyl (C=O) groups is 3. The van der Waals surface area contributed by atoms with Crippen LogP contribution in [0.4, 0.5) is 5.69 Å². The van der Waals surface area contributed by atoms with E-state index < -0.39 is 6.04 Å². The molecule has 2 aromatic rings. The van der Waals surface area contributed by atoms with E-state index in [1.165, 1.54) is 18.7 Å². The molecular formula is C20H19NO3. The largest absolute Gasteiger partial charge is 0.300 e. The lowest BCUT2D eigenvalue weighted by Crippen LogP contribution is -2.43. The van der Waals surface area contributed by atoms with Gasteiger partial charge in [0.15, 0.2) is 5.78 Å². The highest BCUT2D eigenvalue weighted by Gasteiger charge is 2.44. The summed E-state index contributed by atoms with van der Waals surface area (Å²) in [4.78, 5) is 38.6. The van der Waals surface area contributed by atoms with Gasteiger partial charge in [-0.15, -0.1) is 0 Å². The predicted molar refractivity (Wildman–Crippen MR) is 92.2 cm³/mol. The number of ketones is 2. The normalized spacial score (nSPS) is 17.5. The Morgan fingerprint density at radius 2 is 1.62 bits per heavy atom. The Hall–Kier alpha value is -2.75. The van der Waals surface area contributed by atoms with E-state index in [-0.39, 0.29) is 29.8 Å². The molecule has 3 rings (SSSR count). The number of carbonyl (C=O) groups excluding carboxylic acids is 3. The van der Waals surface area contributed by atoms with Gasteiger partial charge in [0.1, 0.15) is 11.8 Å². The average Bonchev–Trinajstić information content (AvgIpc) is 2.87. The van der Waals surface area contributed by atoms with Gasteiger partial charge < -0.3 is 9.69 Å². The fourth-order valence-electron chi connectivity index (χ4n) is 3.47. The zero-order valence-corrected chi connectivity index (χ0v) is 13.7. The molecule has 0 spiro atoms. The zero-order chi connectivity index (χ0) is 17.3. The van der Waals surface area contributed by atoms with Crippen LogP contribution in [0, 0.1) is 0 Å². The van der Waals surface area contributed by atoms with E-state index in [0.717, 1.165) is 5.56 Å². The maximum atomic E-state index is 13.0. The fourth-order valence-corrected chi connectivity index (χ4v) is 3.47. The van der Waals surface area contributed by atoms with Gasteiger partial charge in [-0.05, 0) is 24.6 Å². The first kappa shape index (κ1) is 16.1. The molecule has 0 unspecified atom stereocenters. The Morgan fingerprint density at radius 3 is 2.25 bits per heavy atom. The summed E-state index contributed by atoms with van der Waals surface area (Å²) in [5, 5.41) is 0. The molecule has 0 saturated heterocycles. The summed E-state index contributed by atoms with van der Waals surface area (Å²) in [7, 11) is 0. The van der Waals surface area contributed by atoms with Crippen molar-refractivity contribution in [2.45, 2.75) is 32.2 Å². The predicted octanol–water partition coefficient (Wildman–Crippen LogP) is 3.37. The maximum absolute atomic E-state index is 13.0. The van der Waals surface area contributed by atoms with Crippen molar-refractivity contribution < 1.29 is 14.4 Å². The van der Waals surface area contributed by atoms with Gasteiger partial charge in [0.05, 0.1) is 5.69 Å². The third kappa shape index (κ3) is 2.75. The Bertz CT molecular complexity index is 798. The van der Waals surface area contributed by atoms with E-state index in [9.17, 15) is 14.4 Å². The summed E-state index contributed by atoms with van der Waals surface area (Å²) in [6.45, 7) is 2.97. The van der Waals surface area contributed by atoms with Crippen molar-refractivity contribution in [1.29, 1.82) is 0 Å². The standard InChI is InChI=1S/C20H19NO3/c1-13(22)12-17(15-8-4-3-5-9-15)19-20(24)16-10-6-7-11-18(16)21(19)14(2)23/h3-11,17,19H,12H2,1-2H3/t17-,19+/m0/s1. The highest BCUT2D eigenvalue weighted by Crippen LogP contribution is 2.40. The number of nitrogens with zero attached hydrogens (tertiary/aromatic N) is 1. The summed E-state index contributed by atoms with van der Waals surface area (Å²) in [6, 6.07) is 15.9. The van der Waals surface area contributed by atoms with E-state index in [0.29, 0.717) is 11.3 Å². The minimum absolute atomic E-state index is 0.00360. The van der Waals surface area contributed by atoms with Crippen molar-refractivity contribution in [3.05, 3.63) is 65.7 Å². The Labute approximate surface area is 141 Å². The van der Waals surface area contributed by atoms with Crippen molar-refractivity contribution in [2.75, 3.05) is 4.90 Å². The number of benzene rings is 2. The first-order valence-corrected chi connectivity index (χ1v) is 7.98. The lowest BCUT2D eigenvalue weighted by molar-refractivity contribution is -0.119. The maximum Gasteiger partial charge on any atom is 0.224 e. The van der Waals surface area contributed by atoms with Crippen molar-refractivity contribution in [3.8, 4) is 0 Å². The molecule has 4 heteroatoms. The van der Waals surface area contributed by atoms with Crippen LogP contribution in [0.3, 0.4) is 0 Å². The lowest BCUT2D eigenvalue weighted by atomic mass is 9.84. The number of anilines is 1. The van der Waals surface area contributed by atoms with Crippen LogP contribution in [0.25, 0.3) is 0 Å². The van der Waals surface area contributed by atoms with Gasteiger partial charge in [-0.25, -0.2) is 0 Å². The van der Waals surface area contributed by atoms with Crippen LogP contribution in [-0.4, -0.2) is 23.5 Å². The molecule has 0 aromatic heterocycles. The van der Waals surface area contributed by atoms with Crippen molar-refractivity contribution in [1.82, 2.24) is 0 Å². The fraction of sp³-hybridized carbons (Fsp3) is 0.250. The number of hydrogen-bond acceptors (Lipinski definition) is 3. The van der Waals surface area contributed by atoms with Gasteiger partial charge in [-0.2, -0.15) is 0 Å². The number of rotatable bonds is 4. The van der Waals surface area contributed by atoms with E-state index in [1.807, 2.05) is 36.4 Å². The molecule has 0 fully saturated rings. The quantitative estimate of drug-likeness (QED) is 0.867. The van der Waals surface area contributed by atoms with E-state index >= 15 is 0 Å². The number of hydrogen-bond donors (Lipinski definition) is 0. The number of fused-ring (bicyclic) bond motifs is 1. The summed E-state index contributed by atoms with van der Waals surface area (Å²) in [5.74, 6) is -0.651. The number of amides is 1. The Morgan fingerprint density at radius 1 is 1.00 bits per heavy atom. The van der Waals surface area contributed by atoms with Gasteiger partial charge in [0.25, 0.3) is 0 Å². The molecular weight excluding hydrogens is 302 g/mol. The van der Waals surface area contributed by atoms with Gasteiger partial charge >= 0.3 is 0 Å². The first-order valence-electron chi connectivity index (χ1n) is 7.98. The third-order valence-electron chi connectivity index (χ3n) is 4.43. The molecule has 0 saturated carbocycles. The molecule has 2 atom stereocenters. The van der Waals surface area contributed by atoms with Crippen LogP contribution >= 0.6 is 0 Å². The summed E-state index contributed by atoms with van der Waals surface area (Å²) in [6.07, 6.45) is 0.220. The second-order valence-electron chi connectivity index (χ2n) is 6.14. The molecule has 0 bridgehead atoms. The Kier molecular flexibility index (Phi) is 4.30. The van der Waals surface area contributed by atoms with Crippen LogP contribution in [0.5, 0.6) is 0 Å². The lowest BCUT2D eigenvalue weighted by Gasteiger charge is -2.30. The summed E-state index contributed by atoms with van der Waals surface area (Å²) >= 11 is 0. The SMILES string of the molecule is CC(=O)C[C@@H](c1ccccc1)[C@@H]1C(=O)c2ccccc2N1C(C)=O. The van der Waals surface area contributed by atoms with Crippen molar-refractivity contribution in [3.63, 3.8) is 0 Å². The monoisotopic (exact) mass is 321 g/mol. The van der Waals surface area contributed by atoms with Crippen LogP contribution in [0.2, 0.25) is 0 Å². The Balaban J connectivity index is 2.11. The average molecular weight is 321 g/mol. The van der Waals surface area contributed by atoms with Gasteiger partial charge in [0, 0.05) is 24.8 Å². The summed E-state index contributed by atoms with van der Waals surface area (Å²) < 4.78 is 0. The first-order chi connectivity index (χ1) is 11.5. The molecule has 24 heavy (non-hydrogen) atoms. The third-order valence-corrected chi connectivity index (χ3v) is 4.43. The molecule has 0 aliphatic carbocycles. The minimum atomic E-state index is -0.675. The van der Waals surface area contributed by atoms with Gasteiger partial charge in [0.2, 0.25) is 5.91 Å². The van der Waals surface area contributed by atoms with Crippen LogP contribution in [0.1, 0.15) is 42.1 Å². The smallest absolute Gasteiger partial charge is 0.224 e. The number of Topliss-reactive ketones (excluding diaryl/α,β-unsaturated/α-hetero) is 2. The molecule has 122 valence electrons. The molecule has 1 aliphatic rings. The summed E-state index contributed by atoms with van der Waals surface area (Å²) in [5.41, 5.74) is 2.07. The molecule has 1 heterocycles. The van der Waals surface area contributed by atoms with Crippen LogP contribution < -0.4 is 4.90 Å². The van der Waals surface area contributed by atoms with Gasteiger partial charge in [-0.3, -0.25) is 9.59 Å². The highest BCUT2D eigenvalue weighted by molar-refractivity contribution is 6.18. The van der Waals surface area contributed by atoms with Crippen molar-refractivity contribution >= 4 is 23.2 Å². The second kappa shape index (κ2) is 6.40. The zero-order valence-electron chi connectivity index (χ0n) is 13.7. The molecule has 1 aliphatic heterocycles. The molecule has 2 aromatic carbocycles. The molecule has 0 N–H and O–H groups in total. The molecule has 0 radical (unpaired) electrons. The topological polar surface area (TPSA) is 54.5 Å². The molecule has 4 nitrogen and oxygen atoms in total. The van der Waals surface area contributed by atoms with E-state index in [2.05, 4.69) is 0 Å².